The van der Waals surface area contributed by atoms with Crippen LogP contribution in [0.5, 0.6) is 0 Å². The van der Waals surface area contributed by atoms with Gasteiger partial charge < -0.3 is 15.1 Å². The van der Waals surface area contributed by atoms with Crippen molar-refractivity contribution in [3.05, 3.63) is 64.4 Å². The van der Waals surface area contributed by atoms with Crippen LogP contribution in [0.25, 0.3) is 0 Å². The summed E-state index contributed by atoms with van der Waals surface area (Å²) in [6.45, 7) is 6.53. The van der Waals surface area contributed by atoms with E-state index in [4.69, 9.17) is 4.99 Å². The smallest absolute Gasteiger partial charge is 0.194 e. The normalized spacial score (nSPS) is 13.6. The Hall–Kier alpha value is -1.54. The van der Waals surface area contributed by atoms with E-state index in [0.717, 1.165) is 32.1 Å². The molecule has 2 aromatic rings. The van der Waals surface area contributed by atoms with E-state index in [1.165, 1.54) is 16.8 Å². The average molecular weight is 482 g/mol. The van der Waals surface area contributed by atoms with Crippen molar-refractivity contribution >= 4 is 47.0 Å². The number of anilines is 1. The van der Waals surface area contributed by atoms with E-state index in [9.17, 15) is 0 Å². The Morgan fingerprint density at radius 1 is 1.23 bits per heavy atom. The summed E-state index contributed by atoms with van der Waals surface area (Å²) in [6.07, 6.45) is 4.43. The lowest BCUT2D eigenvalue weighted by Crippen LogP contribution is -2.38. The topological polar surface area (TPSA) is 30.9 Å². The van der Waals surface area contributed by atoms with E-state index in [1.54, 1.807) is 11.3 Å². The van der Waals surface area contributed by atoms with Gasteiger partial charge in [0, 0.05) is 38.9 Å². The van der Waals surface area contributed by atoms with E-state index >= 15 is 0 Å². The SMILES string of the molecule is CCNC(=NCc1cccc(N2CC=CC2)c1)N(C)Cc1ccsc1.I. The van der Waals surface area contributed by atoms with Crippen LogP contribution >= 0.6 is 35.3 Å². The third-order valence-electron chi connectivity index (χ3n) is 4.20. The third kappa shape index (κ3) is 5.74. The number of nitrogens with one attached hydrogen (secondary N) is 1. The summed E-state index contributed by atoms with van der Waals surface area (Å²) in [6, 6.07) is 10.9. The zero-order chi connectivity index (χ0) is 17.5. The highest BCUT2D eigenvalue weighted by atomic mass is 127. The zero-order valence-electron chi connectivity index (χ0n) is 15.4. The number of aliphatic imine (C=N–C) groups is 1. The largest absolute Gasteiger partial charge is 0.364 e. The minimum Gasteiger partial charge on any atom is -0.364 e. The van der Waals surface area contributed by atoms with Crippen molar-refractivity contribution in [2.45, 2.75) is 20.0 Å². The standard InChI is InChI=1S/C20H26N4S.HI/c1-3-21-20(23(2)15-18-9-12-25-16-18)22-14-17-7-6-8-19(13-17)24-10-4-5-11-24;/h4-9,12-13,16H,3,10-11,14-15H2,1-2H3,(H,21,22);1H. The van der Waals surface area contributed by atoms with Crippen LogP contribution in [0, 0.1) is 0 Å². The summed E-state index contributed by atoms with van der Waals surface area (Å²) < 4.78 is 0. The van der Waals surface area contributed by atoms with Gasteiger partial charge in [-0.15, -0.1) is 24.0 Å². The van der Waals surface area contributed by atoms with Crippen LogP contribution < -0.4 is 10.2 Å². The number of hydrogen-bond acceptors (Lipinski definition) is 3. The molecule has 2 heterocycles. The average Bonchev–Trinajstić information content (AvgIpc) is 3.32. The van der Waals surface area contributed by atoms with Gasteiger partial charge >= 0.3 is 0 Å². The summed E-state index contributed by atoms with van der Waals surface area (Å²) >= 11 is 1.73. The molecule has 140 valence electrons. The van der Waals surface area contributed by atoms with Gasteiger partial charge in [-0.25, -0.2) is 4.99 Å². The first kappa shape index (κ1) is 20.8. The van der Waals surface area contributed by atoms with Gasteiger partial charge in [-0.05, 0) is 47.0 Å². The molecule has 1 aromatic heterocycles. The number of hydrogen-bond donors (Lipinski definition) is 1. The Labute approximate surface area is 177 Å². The van der Waals surface area contributed by atoms with Crippen molar-refractivity contribution in [3.8, 4) is 0 Å². The van der Waals surface area contributed by atoms with E-state index in [2.05, 4.69) is 82.3 Å². The van der Waals surface area contributed by atoms with Crippen LogP contribution in [-0.2, 0) is 13.1 Å². The van der Waals surface area contributed by atoms with Gasteiger partial charge in [-0.3, -0.25) is 0 Å². The second kappa shape index (κ2) is 10.6. The summed E-state index contributed by atoms with van der Waals surface area (Å²) in [5, 5.41) is 7.70. The van der Waals surface area contributed by atoms with Crippen molar-refractivity contribution in [1.29, 1.82) is 0 Å². The van der Waals surface area contributed by atoms with Crippen molar-refractivity contribution in [2.24, 2.45) is 4.99 Å². The van der Waals surface area contributed by atoms with Crippen LogP contribution in [-0.4, -0.2) is 37.5 Å². The highest BCUT2D eigenvalue weighted by molar-refractivity contribution is 14.0. The van der Waals surface area contributed by atoms with Gasteiger partial charge in [0.2, 0.25) is 0 Å². The van der Waals surface area contributed by atoms with Crippen LogP contribution in [0.1, 0.15) is 18.1 Å². The van der Waals surface area contributed by atoms with Crippen LogP contribution in [0.4, 0.5) is 5.69 Å². The molecule has 1 aromatic carbocycles. The Morgan fingerprint density at radius 3 is 2.73 bits per heavy atom. The predicted molar refractivity (Wildman–Crippen MR) is 124 cm³/mol. The molecule has 6 heteroatoms. The van der Waals surface area contributed by atoms with E-state index < -0.39 is 0 Å². The first-order valence-corrected chi connectivity index (χ1v) is 9.70. The Morgan fingerprint density at radius 2 is 2.04 bits per heavy atom. The second-order valence-electron chi connectivity index (χ2n) is 6.20. The molecule has 1 N–H and O–H groups in total. The summed E-state index contributed by atoms with van der Waals surface area (Å²) in [5.41, 5.74) is 3.83. The van der Waals surface area contributed by atoms with Crippen LogP contribution in [0.15, 0.2) is 58.2 Å². The fourth-order valence-electron chi connectivity index (χ4n) is 2.91. The highest BCUT2D eigenvalue weighted by Gasteiger charge is 2.09. The molecule has 0 atom stereocenters. The number of guanidine groups is 1. The molecule has 0 spiro atoms. The quantitative estimate of drug-likeness (QED) is 0.288. The Bertz CT molecular complexity index is 719. The molecule has 1 aliphatic heterocycles. The number of halogens is 1. The fraction of sp³-hybridized carbons (Fsp3) is 0.350. The summed E-state index contributed by atoms with van der Waals surface area (Å²) in [5.74, 6) is 0.946. The number of benzene rings is 1. The lowest BCUT2D eigenvalue weighted by molar-refractivity contribution is 0.477. The number of thiophene rings is 1. The minimum atomic E-state index is 0. The van der Waals surface area contributed by atoms with Gasteiger partial charge in [0.25, 0.3) is 0 Å². The molecule has 3 rings (SSSR count). The van der Waals surface area contributed by atoms with Crippen LogP contribution in [0.3, 0.4) is 0 Å². The van der Waals surface area contributed by atoms with E-state index in [1.807, 2.05) is 0 Å². The molecule has 0 fully saturated rings. The summed E-state index contributed by atoms with van der Waals surface area (Å²) in [7, 11) is 2.09. The molecule has 0 saturated carbocycles. The fourth-order valence-corrected chi connectivity index (χ4v) is 3.57. The van der Waals surface area contributed by atoms with Crippen molar-refractivity contribution in [2.75, 3.05) is 31.6 Å². The molecule has 0 bridgehead atoms. The highest BCUT2D eigenvalue weighted by Crippen LogP contribution is 2.19. The first-order chi connectivity index (χ1) is 12.3. The van der Waals surface area contributed by atoms with Crippen molar-refractivity contribution in [3.63, 3.8) is 0 Å². The molecule has 0 aliphatic carbocycles. The third-order valence-corrected chi connectivity index (χ3v) is 4.93. The van der Waals surface area contributed by atoms with Gasteiger partial charge in [0.05, 0.1) is 6.54 Å². The maximum Gasteiger partial charge on any atom is 0.194 e. The zero-order valence-corrected chi connectivity index (χ0v) is 18.5. The molecule has 0 unspecified atom stereocenters. The van der Waals surface area contributed by atoms with Crippen LogP contribution in [0.2, 0.25) is 0 Å². The molecule has 1 aliphatic rings. The maximum atomic E-state index is 4.83. The Balaban J connectivity index is 0.00000243. The van der Waals surface area contributed by atoms with E-state index in [0.29, 0.717) is 6.54 Å². The monoisotopic (exact) mass is 482 g/mol. The minimum absolute atomic E-state index is 0. The number of nitrogens with zero attached hydrogens (tertiary/aromatic N) is 3. The summed E-state index contributed by atoms with van der Waals surface area (Å²) in [4.78, 5) is 9.38. The molecular formula is C20H27IN4S. The lowest BCUT2D eigenvalue weighted by atomic mass is 10.2. The predicted octanol–water partition coefficient (Wildman–Crippen LogP) is 4.34. The lowest BCUT2D eigenvalue weighted by Gasteiger charge is -2.22. The van der Waals surface area contributed by atoms with Gasteiger partial charge in [0.1, 0.15) is 0 Å². The molecular weight excluding hydrogens is 455 g/mol. The van der Waals surface area contributed by atoms with Gasteiger partial charge in [-0.1, -0.05) is 24.3 Å². The molecule has 26 heavy (non-hydrogen) atoms. The maximum absolute atomic E-state index is 4.83. The van der Waals surface area contributed by atoms with E-state index in [-0.39, 0.29) is 24.0 Å². The molecule has 0 saturated heterocycles. The molecule has 0 radical (unpaired) electrons. The molecule has 0 amide bonds. The van der Waals surface area contributed by atoms with Gasteiger partial charge in [-0.2, -0.15) is 11.3 Å². The second-order valence-corrected chi connectivity index (χ2v) is 6.98. The van der Waals surface area contributed by atoms with Gasteiger partial charge in [0.15, 0.2) is 5.96 Å². The first-order valence-electron chi connectivity index (χ1n) is 8.75. The van der Waals surface area contributed by atoms with Crippen molar-refractivity contribution in [1.82, 2.24) is 10.2 Å². The Kier molecular flexibility index (Phi) is 8.44. The molecule has 4 nitrogen and oxygen atoms in total. The number of rotatable bonds is 6. The van der Waals surface area contributed by atoms with Crippen molar-refractivity contribution < 1.29 is 0 Å².